The maximum Gasteiger partial charge on any atom is 0.407 e. The molecule has 312 valence electrons. The van der Waals surface area contributed by atoms with E-state index >= 15 is 0 Å². The highest BCUT2D eigenvalue weighted by molar-refractivity contribution is 7.27. The molecule has 3 unspecified atom stereocenters. The van der Waals surface area contributed by atoms with Crippen molar-refractivity contribution < 1.29 is 19.1 Å². The fraction of sp³-hybridized carbons (Fsp3) is 0.413. The number of benzene rings is 2. The van der Waals surface area contributed by atoms with Crippen molar-refractivity contribution in [1.82, 2.24) is 40.0 Å². The predicted octanol–water partition coefficient (Wildman–Crippen LogP) is 9.34. The van der Waals surface area contributed by atoms with Gasteiger partial charge in [0.15, 0.2) is 0 Å². The fourth-order valence-corrected chi connectivity index (χ4v) is 11.8. The second kappa shape index (κ2) is 17.3. The summed E-state index contributed by atoms with van der Waals surface area (Å²) in [5, 5.41) is 7.13. The Morgan fingerprint density at radius 3 is 1.95 bits per heavy atom. The van der Waals surface area contributed by atoms with Crippen molar-refractivity contribution in [3.8, 4) is 33.6 Å². The first kappa shape index (κ1) is 40.1. The van der Waals surface area contributed by atoms with Crippen molar-refractivity contribution in [2.75, 3.05) is 33.3 Å². The van der Waals surface area contributed by atoms with Crippen LogP contribution in [0.25, 0.3) is 43.0 Å². The minimum Gasteiger partial charge on any atom is -0.453 e. The van der Waals surface area contributed by atoms with Gasteiger partial charge in [0.05, 0.1) is 52.4 Å². The Bertz CT molecular complexity index is 2450. The SMILES string of the molecule is COC(=O)N[C@H](C(=O)N1CCCC1c1ncc(-c2csc3c(-c4ccc(-c5cnc(C6CCCN6C(=O)C(c6ccccc6)N6CCCCC6)[nH]5)cc4)csc23)[nH]1)C(C)C. The number of carbonyl (C=O) groups excluding carboxylic acids is 3. The molecule has 0 saturated carbocycles. The standard InChI is InChI=1S/C46H52N8O4S2/c1-28(2)38(51-46(57)58-3)44(55)53-22-10-14-36(53)43-48-25-35(50-43)33-27-60-40-32(26-59-41(33)40)29-16-18-30(19-17-29)34-24-47-42(49-34)37-15-11-23-54(37)45(56)39(31-12-6-4-7-13-31)52-20-8-5-9-21-52/h4,6-7,12-13,16-19,24-28,36-39H,5,8-11,14-15,20-23H2,1-3H3,(H,47,49)(H,48,50)(H,51,57)/t36?,37?,38-,39?/m0/s1. The van der Waals surface area contributed by atoms with Crippen LogP contribution in [0.2, 0.25) is 0 Å². The van der Waals surface area contributed by atoms with Gasteiger partial charge < -0.3 is 29.8 Å². The zero-order chi connectivity index (χ0) is 41.3. The number of hydrogen-bond acceptors (Lipinski definition) is 9. The number of aromatic nitrogens is 4. The molecule has 60 heavy (non-hydrogen) atoms. The molecule has 0 aliphatic carbocycles. The second-order valence-corrected chi connectivity index (χ2v) is 18.3. The number of methoxy groups -OCH3 is 1. The molecule has 12 nitrogen and oxygen atoms in total. The zero-order valence-electron chi connectivity index (χ0n) is 34.4. The Labute approximate surface area is 358 Å². The number of thiophene rings is 2. The normalized spacial score (nSPS) is 19.6. The number of nitrogens with zero attached hydrogens (tertiary/aromatic N) is 5. The molecule has 0 bridgehead atoms. The van der Waals surface area contributed by atoms with Crippen molar-refractivity contribution in [3.63, 3.8) is 0 Å². The molecular formula is C46H52N8O4S2. The number of nitrogens with one attached hydrogen (secondary N) is 3. The molecular weight excluding hydrogens is 793 g/mol. The lowest BCUT2D eigenvalue weighted by Crippen LogP contribution is -2.51. The van der Waals surface area contributed by atoms with Gasteiger partial charge in [0.2, 0.25) is 11.8 Å². The van der Waals surface area contributed by atoms with Crippen molar-refractivity contribution in [3.05, 3.63) is 95.0 Å². The quantitative estimate of drug-likeness (QED) is 0.118. The maximum atomic E-state index is 14.4. The minimum atomic E-state index is -0.678. The molecule has 3 N–H and O–H groups in total. The Morgan fingerprint density at radius 2 is 1.30 bits per heavy atom. The number of aromatic amines is 2. The number of piperidine rings is 1. The van der Waals surface area contributed by atoms with E-state index in [1.165, 1.54) is 28.5 Å². The molecule has 4 aromatic heterocycles. The number of rotatable bonds is 11. The monoisotopic (exact) mass is 844 g/mol. The molecule has 4 atom stereocenters. The third-order valence-electron chi connectivity index (χ3n) is 12.5. The molecule has 0 spiro atoms. The highest BCUT2D eigenvalue weighted by Gasteiger charge is 2.40. The molecule has 7 heterocycles. The summed E-state index contributed by atoms with van der Waals surface area (Å²) >= 11 is 3.45. The highest BCUT2D eigenvalue weighted by Crippen LogP contribution is 2.45. The third kappa shape index (κ3) is 7.76. The van der Waals surface area contributed by atoms with E-state index in [9.17, 15) is 14.4 Å². The second-order valence-electron chi connectivity index (χ2n) is 16.5. The molecule has 2 aromatic carbocycles. The molecule has 3 aliphatic heterocycles. The van der Waals surface area contributed by atoms with Gasteiger partial charge in [-0.05, 0) is 74.2 Å². The lowest BCUT2D eigenvalue weighted by Gasteiger charge is -2.37. The van der Waals surface area contributed by atoms with E-state index < -0.39 is 12.1 Å². The van der Waals surface area contributed by atoms with Crippen LogP contribution in [0.3, 0.4) is 0 Å². The van der Waals surface area contributed by atoms with Crippen molar-refractivity contribution in [2.45, 2.75) is 83.0 Å². The van der Waals surface area contributed by atoms with Crippen LogP contribution in [-0.4, -0.2) is 91.9 Å². The fourth-order valence-electron chi connectivity index (χ4n) is 9.32. The Hall–Kier alpha value is -5.31. The van der Waals surface area contributed by atoms with Crippen LogP contribution in [0.4, 0.5) is 4.79 Å². The number of H-pyrrole nitrogens is 2. The molecule has 0 radical (unpaired) electrons. The smallest absolute Gasteiger partial charge is 0.407 e. The summed E-state index contributed by atoms with van der Waals surface area (Å²) in [6, 6.07) is 17.7. The summed E-state index contributed by atoms with van der Waals surface area (Å²) in [5.41, 5.74) is 7.41. The van der Waals surface area contributed by atoms with Crippen LogP contribution in [-0.2, 0) is 14.3 Å². The van der Waals surface area contributed by atoms with Gasteiger partial charge >= 0.3 is 6.09 Å². The number of hydrogen-bond donors (Lipinski definition) is 3. The first-order valence-electron chi connectivity index (χ1n) is 21.2. The lowest BCUT2D eigenvalue weighted by molar-refractivity contribution is -0.139. The third-order valence-corrected chi connectivity index (χ3v) is 14.6. The van der Waals surface area contributed by atoms with Gasteiger partial charge in [-0.2, -0.15) is 0 Å². The summed E-state index contributed by atoms with van der Waals surface area (Å²) < 4.78 is 7.21. The number of ether oxygens (including phenoxy) is 1. The van der Waals surface area contributed by atoms with Crippen LogP contribution in [0.5, 0.6) is 0 Å². The van der Waals surface area contributed by atoms with E-state index in [2.05, 4.69) is 72.2 Å². The van der Waals surface area contributed by atoms with Gasteiger partial charge in [-0.1, -0.05) is 74.9 Å². The van der Waals surface area contributed by atoms with Crippen molar-refractivity contribution >= 4 is 50.0 Å². The van der Waals surface area contributed by atoms with Crippen LogP contribution in [0.15, 0.2) is 77.8 Å². The van der Waals surface area contributed by atoms with Crippen molar-refractivity contribution in [2.24, 2.45) is 5.92 Å². The maximum absolute atomic E-state index is 14.4. The van der Waals surface area contributed by atoms with Gasteiger partial charge in [0.25, 0.3) is 0 Å². The molecule has 3 aliphatic rings. The number of alkyl carbamates (subject to hydrolysis) is 1. The number of amides is 3. The van der Waals surface area contributed by atoms with Crippen LogP contribution in [0, 0.1) is 5.92 Å². The lowest BCUT2D eigenvalue weighted by atomic mass is 10.00. The van der Waals surface area contributed by atoms with Gasteiger partial charge in [0.1, 0.15) is 23.7 Å². The Morgan fingerprint density at radius 1 is 0.717 bits per heavy atom. The first-order chi connectivity index (χ1) is 29.3. The van der Waals surface area contributed by atoms with Crippen LogP contribution < -0.4 is 5.32 Å². The predicted molar refractivity (Wildman–Crippen MR) is 236 cm³/mol. The summed E-state index contributed by atoms with van der Waals surface area (Å²) in [4.78, 5) is 63.2. The summed E-state index contributed by atoms with van der Waals surface area (Å²) in [5.74, 6) is 1.56. The van der Waals surface area contributed by atoms with E-state index in [4.69, 9.17) is 14.7 Å². The van der Waals surface area contributed by atoms with Gasteiger partial charge in [-0.15, -0.1) is 22.7 Å². The zero-order valence-corrected chi connectivity index (χ0v) is 36.0. The largest absolute Gasteiger partial charge is 0.453 e. The molecule has 3 saturated heterocycles. The molecule has 9 rings (SSSR count). The van der Waals surface area contributed by atoms with Crippen LogP contribution >= 0.6 is 22.7 Å². The van der Waals surface area contributed by atoms with E-state index in [1.807, 2.05) is 49.3 Å². The molecule has 3 amide bonds. The van der Waals surface area contributed by atoms with E-state index in [0.717, 1.165) is 103 Å². The molecule has 3 fully saturated rings. The van der Waals surface area contributed by atoms with E-state index in [-0.39, 0.29) is 35.9 Å². The minimum absolute atomic E-state index is 0.0771. The van der Waals surface area contributed by atoms with E-state index in [0.29, 0.717) is 6.54 Å². The Kier molecular flexibility index (Phi) is 11.6. The number of fused-ring (bicyclic) bond motifs is 1. The van der Waals surface area contributed by atoms with Gasteiger partial charge in [-0.3, -0.25) is 14.5 Å². The summed E-state index contributed by atoms with van der Waals surface area (Å²) in [7, 11) is 1.30. The average Bonchev–Trinajstić information content (AvgIpc) is 4.13. The van der Waals surface area contributed by atoms with Gasteiger partial charge in [-0.25, -0.2) is 14.8 Å². The Balaban J connectivity index is 0.896. The topological polar surface area (TPSA) is 140 Å². The van der Waals surface area contributed by atoms with Crippen LogP contribution in [0.1, 0.15) is 94.1 Å². The summed E-state index contributed by atoms with van der Waals surface area (Å²) in [6.45, 7) is 7.08. The first-order valence-corrected chi connectivity index (χ1v) is 23.0. The molecule has 6 aromatic rings. The van der Waals surface area contributed by atoms with E-state index in [1.54, 1.807) is 22.7 Å². The number of carbonyl (C=O) groups is 3. The summed E-state index contributed by atoms with van der Waals surface area (Å²) in [6.07, 6.45) is 10.2. The highest BCUT2D eigenvalue weighted by atomic mass is 32.1. The van der Waals surface area contributed by atoms with Gasteiger partial charge in [0, 0.05) is 35.0 Å². The van der Waals surface area contributed by atoms with Crippen molar-refractivity contribution in [1.29, 1.82) is 0 Å². The number of likely N-dealkylation sites (tertiary alicyclic amines) is 3. The molecule has 14 heteroatoms. The number of imidazole rings is 2. The average molecular weight is 845 g/mol.